The van der Waals surface area contributed by atoms with Crippen molar-refractivity contribution < 1.29 is 9.53 Å². The van der Waals surface area contributed by atoms with Gasteiger partial charge in [0.2, 0.25) is 5.91 Å². The Morgan fingerprint density at radius 1 is 1.40 bits per heavy atom. The average molecular weight is 338 g/mol. The van der Waals surface area contributed by atoms with Gasteiger partial charge in [-0.3, -0.25) is 14.9 Å². The number of hydrogen-bond acceptors (Lipinski definition) is 6. The first kappa shape index (κ1) is 15.5. The van der Waals surface area contributed by atoms with Crippen molar-refractivity contribution in [1.29, 1.82) is 0 Å². The Balaban J connectivity index is 1.96. The van der Waals surface area contributed by atoms with Gasteiger partial charge in [-0.25, -0.2) is 4.98 Å². The van der Waals surface area contributed by atoms with E-state index in [-0.39, 0.29) is 6.04 Å². The lowest BCUT2D eigenvalue weighted by Crippen LogP contribution is -2.44. The number of aromatic nitrogens is 4. The smallest absolute Gasteiger partial charge is 0.249 e. The minimum Gasteiger partial charge on any atom is -0.377 e. The number of nitrogens with zero attached hydrogens (tertiary/aromatic N) is 4. The van der Waals surface area contributed by atoms with Gasteiger partial charge in [-0.2, -0.15) is 5.10 Å². The summed E-state index contributed by atoms with van der Waals surface area (Å²) in [5.41, 5.74) is 8.06. The molecule has 0 radical (unpaired) electrons. The quantitative estimate of drug-likeness (QED) is 0.746. The first-order valence-corrected chi connectivity index (χ1v) is 8.09. The fraction of sp³-hybridized carbons (Fsp3) is 0.294. The number of nitrogens with one attached hydrogen (secondary N) is 1. The lowest BCUT2D eigenvalue weighted by atomic mass is 10.1. The SMILES string of the molecule is C[C@@H]1COCCN1c1cc(C(N)=O)c2ccnc(-c3ccn[nH]3)c2n1. The number of H-pyrrole nitrogens is 1. The Bertz CT molecular complexity index is 924. The first-order chi connectivity index (χ1) is 12.1. The van der Waals surface area contributed by atoms with Crippen LogP contribution in [-0.2, 0) is 4.74 Å². The molecule has 8 heteroatoms. The van der Waals surface area contributed by atoms with E-state index in [0.717, 1.165) is 5.69 Å². The van der Waals surface area contributed by atoms with Crippen LogP contribution in [0.15, 0.2) is 30.6 Å². The number of hydrogen-bond donors (Lipinski definition) is 2. The van der Waals surface area contributed by atoms with Gasteiger partial charge in [0, 0.05) is 24.3 Å². The number of carbonyl (C=O) groups is 1. The van der Waals surface area contributed by atoms with E-state index in [1.165, 1.54) is 0 Å². The van der Waals surface area contributed by atoms with E-state index < -0.39 is 5.91 Å². The molecule has 1 aliphatic rings. The van der Waals surface area contributed by atoms with Gasteiger partial charge in [0.15, 0.2) is 0 Å². The van der Waals surface area contributed by atoms with Crippen LogP contribution in [0.2, 0.25) is 0 Å². The molecule has 3 N–H and O–H groups in total. The zero-order valence-corrected chi connectivity index (χ0v) is 13.8. The highest BCUT2D eigenvalue weighted by Crippen LogP contribution is 2.30. The highest BCUT2D eigenvalue weighted by atomic mass is 16.5. The Hall–Kier alpha value is -3.00. The third-order valence-electron chi connectivity index (χ3n) is 4.40. The second-order valence-electron chi connectivity index (χ2n) is 6.04. The third-order valence-corrected chi connectivity index (χ3v) is 4.40. The molecule has 1 amide bonds. The maximum atomic E-state index is 12.0. The summed E-state index contributed by atoms with van der Waals surface area (Å²) in [6.45, 7) is 4.01. The fourth-order valence-corrected chi connectivity index (χ4v) is 3.14. The second kappa shape index (κ2) is 6.14. The van der Waals surface area contributed by atoms with Crippen molar-refractivity contribution in [2.24, 2.45) is 5.73 Å². The van der Waals surface area contributed by atoms with Gasteiger partial charge in [-0.05, 0) is 25.1 Å². The molecule has 0 unspecified atom stereocenters. The number of carbonyl (C=O) groups excluding carboxylic acids is 1. The molecule has 4 heterocycles. The van der Waals surface area contributed by atoms with Crippen molar-refractivity contribution in [1.82, 2.24) is 20.2 Å². The lowest BCUT2D eigenvalue weighted by molar-refractivity contribution is 0.0984. The van der Waals surface area contributed by atoms with Gasteiger partial charge in [0.25, 0.3) is 0 Å². The van der Waals surface area contributed by atoms with Crippen LogP contribution in [-0.4, -0.2) is 51.9 Å². The van der Waals surface area contributed by atoms with Gasteiger partial charge in [-0.15, -0.1) is 0 Å². The van der Waals surface area contributed by atoms with Gasteiger partial charge in [0.1, 0.15) is 17.0 Å². The zero-order valence-electron chi connectivity index (χ0n) is 13.8. The third kappa shape index (κ3) is 2.70. The molecular weight excluding hydrogens is 320 g/mol. The Kier molecular flexibility index (Phi) is 3.81. The predicted molar refractivity (Wildman–Crippen MR) is 93.3 cm³/mol. The summed E-state index contributed by atoms with van der Waals surface area (Å²) in [5, 5.41) is 7.55. The monoisotopic (exact) mass is 338 g/mol. The van der Waals surface area contributed by atoms with Gasteiger partial charge in [0.05, 0.1) is 30.5 Å². The molecular formula is C17H18N6O2. The maximum absolute atomic E-state index is 12.0. The van der Waals surface area contributed by atoms with Crippen LogP contribution in [0, 0.1) is 0 Å². The molecule has 0 aliphatic carbocycles. The van der Waals surface area contributed by atoms with Crippen molar-refractivity contribution >= 4 is 22.6 Å². The molecule has 0 aromatic carbocycles. The van der Waals surface area contributed by atoms with Crippen LogP contribution in [0.5, 0.6) is 0 Å². The molecule has 4 rings (SSSR count). The Morgan fingerprint density at radius 3 is 3.00 bits per heavy atom. The average Bonchev–Trinajstić information content (AvgIpc) is 3.15. The van der Waals surface area contributed by atoms with Gasteiger partial charge >= 0.3 is 0 Å². The summed E-state index contributed by atoms with van der Waals surface area (Å²) in [7, 11) is 0. The molecule has 128 valence electrons. The molecule has 25 heavy (non-hydrogen) atoms. The summed E-state index contributed by atoms with van der Waals surface area (Å²) in [6.07, 6.45) is 3.29. The standard InChI is InChI=1S/C17H18N6O2/c1-10-9-25-7-6-23(10)14-8-12(17(18)24)11-2-4-19-16(15(11)21-14)13-3-5-20-22-13/h2-5,8,10H,6-7,9H2,1H3,(H2,18,24)(H,20,22)/t10-/m1/s1. The molecule has 3 aromatic rings. The highest BCUT2D eigenvalue weighted by molar-refractivity contribution is 6.08. The lowest BCUT2D eigenvalue weighted by Gasteiger charge is -2.34. The first-order valence-electron chi connectivity index (χ1n) is 8.09. The van der Waals surface area contributed by atoms with Crippen LogP contribution in [0.3, 0.4) is 0 Å². The van der Waals surface area contributed by atoms with E-state index in [1.807, 2.05) is 6.07 Å². The van der Waals surface area contributed by atoms with E-state index in [0.29, 0.717) is 47.7 Å². The van der Waals surface area contributed by atoms with E-state index in [9.17, 15) is 4.79 Å². The number of aromatic amines is 1. The number of fused-ring (bicyclic) bond motifs is 1. The molecule has 1 atom stereocenters. The maximum Gasteiger partial charge on any atom is 0.249 e. The second-order valence-corrected chi connectivity index (χ2v) is 6.04. The molecule has 0 saturated carbocycles. The normalized spacial score (nSPS) is 17.8. The van der Waals surface area contributed by atoms with Crippen LogP contribution >= 0.6 is 0 Å². The molecule has 1 saturated heterocycles. The summed E-state index contributed by atoms with van der Waals surface area (Å²) < 4.78 is 5.49. The number of rotatable bonds is 3. The number of morpholine rings is 1. The van der Waals surface area contributed by atoms with E-state index in [1.54, 1.807) is 24.5 Å². The van der Waals surface area contributed by atoms with Crippen LogP contribution in [0.4, 0.5) is 5.82 Å². The molecule has 3 aromatic heterocycles. The van der Waals surface area contributed by atoms with Gasteiger partial charge in [-0.1, -0.05) is 0 Å². The minimum atomic E-state index is -0.490. The fourth-order valence-electron chi connectivity index (χ4n) is 3.14. The van der Waals surface area contributed by atoms with Gasteiger partial charge < -0.3 is 15.4 Å². The topological polar surface area (TPSA) is 110 Å². The number of anilines is 1. The molecule has 0 bridgehead atoms. The summed E-state index contributed by atoms with van der Waals surface area (Å²) in [5.74, 6) is 0.210. The van der Waals surface area contributed by atoms with E-state index in [4.69, 9.17) is 15.5 Å². The largest absolute Gasteiger partial charge is 0.377 e. The van der Waals surface area contributed by atoms with Crippen LogP contribution in [0.1, 0.15) is 17.3 Å². The van der Waals surface area contributed by atoms with Crippen molar-refractivity contribution in [2.45, 2.75) is 13.0 Å². The summed E-state index contributed by atoms with van der Waals surface area (Å²) >= 11 is 0. The van der Waals surface area contributed by atoms with Crippen molar-refractivity contribution in [3.05, 3.63) is 36.2 Å². The molecule has 1 aliphatic heterocycles. The number of primary amides is 1. The summed E-state index contributed by atoms with van der Waals surface area (Å²) in [6, 6.07) is 5.49. The van der Waals surface area contributed by atoms with Crippen LogP contribution in [0.25, 0.3) is 22.3 Å². The Labute approximate surface area is 144 Å². The highest BCUT2D eigenvalue weighted by Gasteiger charge is 2.23. The number of ether oxygens (including phenoxy) is 1. The number of nitrogens with two attached hydrogens (primary N) is 1. The van der Waals surface area contributed by atoms with Crippen molar-refractivity contribution in [3.8, 4) is 11.4 Å². The molecule has 1 fully saturated rings. The van der Waals surface area contributed by atoms with E-state index in [2.05, 4.69) is 27.0 Å². The van der Waals surface area contributed by atoms with Crippen LogP contribution < -0.4 is 10.6 Å². The van der Waals surface area contributed by atoms with E-state index >= 15 is 0 Å². The molecule has 8 nitrogen and oxygen atoms in total. The molecule has 0 spiro atoms. The summed E-state index contributed by atoms with van der Waals surface area (Å²) in [4.78, 5) is 23.4. The predicted octanol–water partition coefficient (Wildman–Crippen LogP) is 1.34. The van der Waals surface area contributed by atoms with Crippen molar-refractivity contribution in [2.75, 3.05) is 24.7 Å². The Morgan fingerprint density at radius 2 is 2.28 bits per heavy atom. The van der Waals surface area contributed by atoms with Crippen molar-refractivity contribution in [3.63, 3.8) is 0 Å². The number of pyridine rings is 2. The zero-order chi connectivity index (χ0) is 17.4. The minimum absolute atomic E-state index is 0.159. The number of amides is 1.